The van der Waals surface area contributed by atoms with Crippen molar-refractivity contribution < 1.29 is 23.9 Å². The maximum absolute atomic E-state index is 13.6. The van der Waals surface area contributed by atoms with Gasteiger partial charge in [-0.2, -0.15) is 5.26 Å². The number of amides is 2. The number of carboxylic acids is 1. The Morgan fingerprint density at radius 3 is 2.31 bits per heavy atom. The molecule has 5 rings (SSSR count). The molecule has 0 unspecified atom stereocenters. The zero-order valence-electron chi connectivity index (χ0n) is 17.8. The van der Waals surface area contributed by atoms with Gasteiger partial charge in [-0.1, -0.05) is 0 Å². The van der Waals surface area contributed by atoms with Gasteiger partial charge in [0.15, 0.2) is 0 Å². The van der Waals surface area contributed by atoms with Crippen molar-refractivity contribution in [2.24, 2.45) is 5.41 Å². The smallest absolute Gasteiger partial charge is 0.335 e. The number of rotatable bonds is 6. The van der Waals surface area contributed by atoms with Gasteiger partial charge in [0.1, 0.15) is 12.2 Å². The number of hydrogen-bond donors (Lipinski definition) is 3. The third-order valence-corrected chi connectivity index (χ3v) is 7.45. The summed E-state index contributed by atoms with van der Waals surface area (Å²) < 4.78 is 13.6. The van der Waals surface area contributed by atoms with Crippen LogP contribution >= 0.6 is 0 Å². The molecule has 2 atom stereocenters. The predicted octanol–water partition coefficient (Wildman–Crippen LogP) is 2.47. The van der Waals surface area contributed by atoms with Crippen molar-refractivity contribution in [1.82, 2.24) is 10.2 Å². The van der Waals surface area contributed by atoms with Gasteiger partial charge in [0.2, 0.25) is 11.8 Å². The van der Waals surface area contributed by atoms with Gasteiger partial charge in [0, 0.05) is 23.1 Å². The van der Waals surface area contributed by atoms with Gasteiger partial charge in [-0.25, -0.2) is 9.18 Å². The maximum Gasteiger partial charge on any atom is 0.335 e. The van der Waals surface area contributed by atoms with E-state index >= 15 is 0 Å². The van der Waals surface area contributed by atoms with Crippen molar-refractivity contribution in [3.63, 3.8) is 0 Å². The van der Waals surface area contributed by atoms with Crippen LogP contribution in [-0.4, -0.2) is 58.6 Å². The summed E-state index contributed by atoms with van der Waals surface area (Å²) in [5, 5.41) is 24.5. The van der Waals surface area contributed by atoms with Gasteiger partial charge in [-0.05, 0) is 62.8 Å². The molecular weight excluding hydrogens is 415 g/mol. The molecule has 2 amide bonds. The van der Waals surface area contributed by atoms with E-state index in [1.54, 1.807) is 12.1 Å². The van der Waals surface area contributed by atoms with Crippen LogP contribution in [0.5, 0.6) is 0 Å². The van der Waals surface area contributed by atoms with Crippen LogP contribution in [0.3, 0.4) is 0 Å². The maximum atomic E-state index is 13.6. The van der Waals surface area contributed by atoms with E-state index in [-0.39, 0.29) is 42.4 Å². The second-order valence-electron chi connectivity index (χ2n) is 9.27. The molecule has 0 aromatic heterocycles. The van der Waals surface area contributed by atoms with Crippen LogP contribution in [0.4, 0.5) is 10.1 Å². The zero-order chi connectivity index (χ0) is 22.9. The SMILES string of the molecule is N#C[C@@H]1C[C@H](F)CN1C(=O)CNC12CCC(C(=O)Nc3ccc(C(=O)O)cc3)(CC1)CC2. The number of halogens is 1. The Morgan fingerprint density at radius 1 is 1.12 bits per heavy atom. The largest absolute Gasteiger partial charge is 0.478 e. The summed E-state index contributed by atoms with van der Waals surface area (Å²) in [7, 11) is 0. The number of anilines is 1. The number of nitrogens with zero attached hydrogens (tertiary/aromatic N) is 2. The lowest BCUT2D eigenvalue weighted by molar-refractivity contribution is -0.135. The fraction of sp³-hybridized carbons (Fsp3) is 0.565. The number of carboxylic acid groups (broad SMARTS) is 1. The Hall–Kier alpha value is -2.99. The lowest BCUT2D eigenvalue weighted by Crippen LogP contribution is -2.59. The minimum absolute atomic E-state index is 0.0253. The van der Waals surface area contributed by atoms with E-state index in [1.807, 2.05) is 6.07 Å². The van der Waals surface area contributed by atoms with E-state index in [9.17, 15) is 18.8 Å². The van der Waals surface area contributed by atoms with Gasteiger partial charge >= 0.3 is 5.97 Å². The Bertz CT molecular complexity index is 933. The summed E-state index contributed by atoms with van der Waals surface area (Å²) in [4.78, 5) is 37.9. The molecule has 4 fully saturated rings. The monoisotopic (exact) mass is 442 g/mol. The number of nitriles is 1. The van der Waals surface area contributed by atoms with Crippen LogP contribution in [0, 0.1) is 16.7 Å². The van der Waals surface area contributed by atoms with Crippen LogP contribution in [0.25, 0.3) is 0 Å². The normalized spacial score (nSPS) is 31.2. The lowest BCUT2D eigenvalue weighted by atomic mass is 9.57. The van der Waals surface area contributed by atoms with Crippen LogP contribution < -0.4 is 10.6 Å². The first kappa shape index (κ1) is 22.2. The second-order valence-corrected chi connectivity index (χ2v) is 9.27. The third-order valence-electron chi connectivity index (χ3n) is 7.45. The number of aromatic carboxylic acids is 1. The molecule has 1 aromatic carbocycles. The molecule has 170 valence electrons. The van der Waals surface area contributed by atoms with Crippen molar-refractivity contribution in [2.75, 3.05) is 18.4 Å². The van der Waals surface area contributed by atoms with Crippen LogP contribution in [-0.2, 0) is 9.59 Å². The molecule has 3 aliphatic carbocycles. The first-order chi connectivity index (χ1) is 15.3. The molecule has 1 saturated heterocycles. The molecular formula is C23H27FN4O4. The second kappa shape index (κ2) is 8.51. The Balaban J connectivity index is 1.32. The van der Waals surface area contributed by atoms with E-state index in [0.717, 1.165) is 19.3 Å². The summed E-state index contributed by atoms with van der Waals surface area (Å²) >= 11 is 0. The van der Waals surface area contributed by atoms with E-state index in [0.29, 0.717) is 24.9 Å². The molecule has 3 saturated carbocycles. The Morgan fingerprint density at radius 2 is 1.75 bits per heavy atom. The van der Waals surface area contributed by atoms with Gasteiger partial charge < -0.3 is 20.6 Å². The quantitative estimate of drug-likeness (QED) is 0.622. The van der Waals surface area contributed by atoms with Crippen molar-refractivity contribution in [3.05, 3.63) is 29.8 Å². The highest BCUT2D eigenvalue weighted by Crippen LogP contribution is 2.52. The van der Waals surface area contributed by atoms with E-state index < -0.39 is 23.6 Å². The molecule has 1 aromatic rings. The summed E-state index contributed by atoms with van der Waals surface area (Å²) in [5.41, 5.74) is 0.0715. The topological polar surface area (TPSA) is 123 Å². The molecule has 0 radical (unpaired) electrons. The highest BCUT2D eigenvalue weighted by Gasteiger charge is 2.52. The molecule has 32 heavy (non-hydrogen) atoms. The van der Waals surface area contributed by atoms with E-state index in [2.05, 4.69) is 10.6 Å². The number of nitrogens with one attached hydrogen (secondary N) is 2. The van der Waals surface area contributed by atoms with Crippen molar-refractivity contribution in [2.45, 2.75) is 62.7 Å². The minimum atomic E-state index is -1.15. The molecule has 0 spiro atoms. The average molecular weight is 442 g/mol. The fourth-order valence-corrected chi connectivity index (χ4v) is 5.30. The Kier molecular flexibility index (Phi) is 5.91. The number of benzene rings is 1. The Labute approximate surface area is 185 Å². The molecule has 8 nitrogen and oxygen atoms in total. The third kappa shape index (κ3) is 4.19. The van der Waals surface area contributed by atoms with Crippen LogP contribution in [0.15, 0.2) is 24.3 Å². The van der Waals surface area contributed by atoms with Gasteiger partial charge in [0.25, 0.3) is 0 Å². The number of carbonyl (C=O) groups excluding carboxylic acids is 2. The average Bonchev–Trinajstić information content (AvgIpc) is 3.20. The number of carbonyl (C=O) groups is 3. The molecule has 4 aliphatic rings. The van der Waals surface area contributed by atoms with Gasteiger partial charge in [-0.3, -0.25) is 9.59 Å². The lowest BCUT2D eigenvalue weighted by Gasteiger charge is -2.52. The molecule has 1 aliphatic heterocycles. The van der Waals surface area contributed by atoms with Crippen LogP contribution in [0.1, 0.15) is 55.3 Å². The van der Waals surface area contributed by atoms with E-state index in [1.165, 1.54) is 17.0 Å². The van der Waals surface area contributed by atoms with Gasteiger partial charge in [0.05, 0.1) is 24.7 Å². The van der Waals surface area contributed by atoms with Gasteiger partial charge in [-0.15, -0.1) is 0 Å². The van der Waals surface area contributed by atoms with E-state index in [4.69, 9.17) is 10.4 Å². The number of fused-ring (bicyclic) bond motifs is 3. The first-order valence-corrected chi connectivity index (χ1v) is 11.0. The first-order valence-electron chi connectivity index (χ1n) is 11.0. The molecule has 1 heterocycles. The fourth-order valence-electron chi connectivity index (χ4n) is 5.30. The molecule has 3 N–H and O–H groups in total. The summed E-state index contributed by atoms with van der Waals surface area (Å²) in [6.45, 7) is 0.0441. The number of likely N-dealkylation sites (tertiary alicyclic amines) is 1. The molecule has 9 heteroatoms. The van der Waals surface area contributed by atoms with Crippen LogP contribution in [0.2, 0.25) is 0 Å². The summed E-state index contributed by atoms with van der Waals surface area (Å²) in [5.74, 6) is -1.32. The molecule has 2 bridgehead atoms. The predicted molar refractivity (Wildman–Crippen MR) is 114 cm³/mol. The standard InChI is InChI=1S/C23H27FN4O4/c24-16-11-18(12-25)28(14-16)19(29)13-26-23-8-5-22(6-9-23,7-10-23)21(32)27-17-3-1-15(2-4-17)20(30)31/h1-4,16,18,26H,5-11,13-14H2,(H,27,32)(H,30,31)/t16-,18-,22?,23?/m0/s1. The zero-order valence-corrected chi connectivity index (χ0v) is 17.8. The highest BCUT2D eigenvalue weighted by molar-refractivity contribution is 5.96. The van der Waals surface area contributed by atoms with Crippen molar-refractivity contribution >= 4 is 23.5 Å². The summed E-state index contributed by atoms with van der Waals surface area (Å²) in [6.07, 6.45) is 3.31. The minimum Gasteiger partial charge on any atom is -0.478 e. The number of hydrogen-bond acceptors (Lipinski definition) is 5. The van der Waals surface area contributed by atoms with Crippen molar-refractivity contribution in [1.29, 1.82) is 5.26 Å². The van der Waals surface area contributed by atoms with Crippen molar-refractivity contribution in [3.8, 4) is 6.07 Å². The highest BCUT2D eigenvalue weighted by atomic mass is 19.1. The number of alkyl halides is 1. The summed E-state index contributed by atoms with van der Waals surface area (Å²) in [6, 6.07) is 7.42.